The number of hydrogen-bond donors (Lipinski definition) is 2. The number of amides is 2. The van der Waals surface area contributed by atoms with Crippen molar-refractivity contribution in [3.8, 4) is 5.75 Å². The molecule has 0 aliphatic heterocycles. The SMILES string of the molecule is CC(C)(C)c1ccc(OCCCC(=O)OCC(=O)Nc2ccc(C(N)=O)cc2)cc1. The number of esters is 1. The zero-order valence-corrected chi connectivity index (χ0v) is 17.6. The zero-order valence-electron chi connectivity index (χ0n) is 17.6. The minimum Gasteiger partial charge on any atom is -0.494 e. The largest absolute Gasteiger partial charge is 0.494 e. The number of nitrogens with two attached hydrogens (primary N) is 1. The van der Waals surface area contributed by atoms with Gasteiger partial charge in [0.1, 0.15) is 5.75 Å². The third-order valence-electron chi connectivity index (χ3n) is 4.33. The molecule has 30 heavy (non-hydrogen) atoms. The number of benzene rings is 2. The first-order valence-corrected chi connectivity index (χ1v) is 9.74. The Kier molecular flexibility index (Phi) is 7.98. The third-order valence-corrected chi connectivity index (χ3v) is 4.33. The minimum absolute atomic E-state index is 0.0849. The van der Waals surface area contributed by atoms with E-state index in [0.29, 0.717) is 24.3 Å². The molecule has 2 aromatic carbocycles. The summed E-state index contributed by atoms with van der Waals surface area (Å²) in [5.41, 5.74) is 7.28. The maximum atomic E-state index is 11.8. The summed E-state index contributed by atoms with van der Waals surface area (Å²) in [6.45, 7) is 6.44. The number of ether oxygens (including phenoxy) is 2. The lowest BCUT2D eigenvalue weighted by atomic mass is 9.87. The average molecular weight is 412 g/mol. The quantitative estimate of drug-likeness (QED) is 0.485. The molecule has 2 rings (SSSR count). The number of primary amides is 1. The fourth-order valence-electron chi connectivity index (χ4n) is 2.59. The number of rotatable bonds is 9. The van der Waals surface area contributed by atoms with E-state index >= 15 is 0 Å². The number of anilines is 1. The van der Waals surface area contributed by atoms with Crippen molar-refractivity contribution in [1.29, 1.82) is 0 Å². The lowest BCUT2D eigenvalue weighted by Crippen LogP contribution is -2.21. The van der Waals surface area contributed by atoms with Gasteiger partial charge in [-0.3, -0.25) is 14.4 Å². The van der Waals surface area contributed by atoms with Gasteiger partial charge in [0.25, 0.3) is 5.91 Å². The van der Waals surface area contributed by atoms with Crippen molar-refractivity contribution in [3.63, 3.8) is 0 Å². The Morgan fingerprint density at radius 2 is 1.60 bits per heavy atom. The van der Waals surface area contributed by atoms with Gasteiger partial charge in [-0.1, -0.05) is 32.9 Å². The van der Waals surface area contributed by atoms with E-state index in [1.165, 1.54) is 17.7 Å². The third kappa shape index (κ3) is 7.58. The number of carbonyl (C=O) groups is 3. The Hall–Kier alpha value is -3.35. The van der Waals surface area contributed by atoms with E-state index < -0.39 is 17.8 Å². The van der Waals surface area contributed by atoms with Crippen LogP contribution in [0.3, 0.4) is 0 Å². The molecule has 0 fully saturated rings. The van der Waals surface area contributed by atoms with Crippen molar-refractivity contribution >= 4 is 23.5 Å². The van der Waals surface area contributed by atoms with Crippen LogP contribution in [-0.2, 0) is 19.7 Å². The van der Waals surface area contributed by atoms with Crippen molar-refractivity contribution in [2.24, 2.45) is 5.73 Å². The smallest absolute Gasteiger partial charge is 0.306 e. The number of hydrogen-bond acceptors (Lipinski definition) is 5. The maximum absolute atomic E-state index is 11.8. The van der Waals surface area contributed by atoms with Gasteiger partial charge in [0, 0.05) is 17.7 Å². The zero-order chi connectivity index (χ0) is 22.1. The fraction of sp³-hybridized carbons (Fsp3) is 0.348. The normalized spacial score (nSPS) is 10.9. The van der Waals surface area contributed by atoms with E-state index in [0.717, 1.165) is 5.75 Å². The van der Waals surface area contributed by atoms with Gasteiger partial charge >= 0.3 is 5.97 Å². The lowest BCUT2D eigenvalue weighted by molar-refractivity contribution is -0.147. The monoisotopic (exact) mass is 412 g/mol. The molecule has 0 spiro atoms. The minimum atomic E-state index is -0.548. The molecule has 0 radical (unpaired) electrons. The van der Waals surface area contributed by atoms with Crippen molar-refractivity contribution in [1.82, 2.24) is 0 Å². The summed E-state index contributed by atoms with van der Waals surface area (Å²) in [5.74, 6) is -0.739. The molecule has 0 saturated heterocycles. The maximum Gasteiger partial charge on any atom is 0.306 e. The Morgan fingerprint density at radius 3 is 2.17 bits per heavy atom. The fourth-order valence-corrected chi connectivity index (χ4v) is 2.59. The molecule has 160 valence electrons. The number of carbonyl (C=O) groups excluding carboxylic acids is 3. The van der Waals surface area contributed by atoms with E-state index in [1.54, 1.807) is 12.1 Å². The highest BCUT2D eigenvalue weighted by atomic mass is 16.5. The molecule has 0 saturated carbocycles. The molecular weight excluding hydrogens is 384 g/mol. The van der Waals surface area contributed by atoms with Gasteiger partial charge in [0.2, 0.25) is 5.91 Å². The average Bonchev–Trinajstić information content (AvgIpc) is 2.70. The van der Waals surface area contributed by atoms with Crippen LogP contribution in [0.2, 0.25) is 0 Å². The molecule has 7 heteroatoms. The van der Waals surface area contributed by atoms with Gasteiger partial charge < -0.3 is 20.5 Å². The molecule has 0 atom stereocenters. The van der Waals surface area contributed by atoms with Crippen LogP contribution < -0.4 is 15.8 Å². The van der Waals surface area contributed by atoms with Gasteiger partial charge in [0.05, 0.1) is 6.61 Å². The Bertz CT molecular complexity index is 868. The molecule has 0 unspecified atom stereocenters. The van der Waals surface area contributed by atoms with E-state index in [4.69, 9.17) is 15.2 Å². The molecule has 0 heterocycles. The lowest BCUT2D eigenvalue weighted by Gasteiger charge is -2.19. The summed E-state index contributed by atoms with van der Waals surface area (Å²) in [6.07, 6.45) is 0.636. The van der Waals surface area contributed by atoms with Crippen molar-refractivity contribution in [2.75, 3.05) is 18.5 Å². The van der Waals surface area contributed by atoms with Crippen LogP contribution in [0, 0.1) is 0 Å². The molecule has 7 nitrogen and oxygen atoms in total. The molecular formula is C23H28N2O5. The highest BCUT2D eigenvalue weighted by molar-refractivity contribution is 5.95. The molecule has 2 aromatic rings. The number of nitrogens with one attached hydrogen (secondary N) is 1. The van der Waals surface area contributed by atoms with E-state index in [-0.39, 0.29) is 18.4 Å². The summed E-state index contributed by atoms with van der Waals surface area (Å²) in [5, 5.41) is 2.57. The first kappa shape index (κ1) is 22.9. The Morgan fingerprint density at radius 1 is 0.967 bits per heavy atom. The van der Waals surface area contributed by atoms with Crippen LogP contribution in [0.1, 0.15) is 49.5 Å². The van der Waals surface area contributed by atoms with Gasteiger partial charge in [-0.15, -0.1) is 0 Å². The predicted octanol–water partition coefficient (Wildman–Crippen LogP) is 3.42. The summed E-state index contributed by atoms with van der Waals surface area (Å²) in [7, 11) is 0. The summed E-state index contributed by atoms with van der Waals surface area (Å²) >= 11 is 0. The first-order chi connectivity index (χ1) is 14.1. The molecule has 3 N–H and O–H groups in total. The van der Waals surface area contributed by atoms with Gasteiger partial charge in [-0.05, 0) is 53.8 Å². The van der Waals surface area contributed by atoms with Crippen LogP contribution in [0.4, 0.5) is 5.69 Å². The van der Waals surface area contributed by atoms with E-state index in [9.17, 15) is 14.4 Å². The second-order valence-electron chi connectivity index (χ2n) is 7.88. The highest BCUT2D eigenvalue weighted by Gasteiger charge is 2.13. The van der Waals surface area contributed by atoms with Gasteiger partial charge in [-0.2, -0.15) is 0 Å². The van der Waals surface area contributed by atoms with E-state index in [2.05, 4.69) is 26.1 Å². The predicted molar refractivity (Wildman–Crippen MR) is 114 cm³/mol. The van der Waals surface area contributed by atoms with E-state index in [1.807, 2.05) is 24.3 Å². The highest BCUT2D eigenvalue weighted by Crippen LogP contribution is 2.24. The molecule has 0 aliphatic carbocycles. The van der Waals surface area contributed by atoms with Crippen LogP contribution in [0.15, 0.2) is 48.5 Å². The van der Waals surface area contributed by atoms with Crippen LogP contribution >= 0.6 is 0 Å². The molecule has 0 aromatic heterocycles. The molecule has 2 amide bonds. The Labute approximate surface area is 176 Å². The van der Waals surface area contributed by atoms with Crippen LogP contribution in [0.5, 0.6) is 5.75 Å². The second kappa shape index (κ2) is 10.4. The van der Waals surface area contributed by atoms with Crippen molar-refractivity contribution in [3.05, 3.63) is 59.7 Å². The summed E-state index contributed by atoms with van der Waals surface area (Å²) < 4.78 is 10.6. The summed E-state index contributed by atoms with van der Waals surface area (Å²) in [6, 6.07) is 14.0. The summed E-state index contributed by atoms with van der Waals surface area (Å²) in [4.78, 5) is 34.6. The first-order valence-electron chi connectivity index (χ1n) is 9.74. The second-order valence-corrected chi connectivity index (χ2v) is 7.88. The van der Waals surface area contributed by atoms with Gasteiger partial charge in [0.15, 0.2) is 6.61 Å². The topological polar surface area (TPSA) is 108 Å². The molecule has 0 bridgehead atoms. The standard InChI is InChI=1S/C23H28N2O5/c1-23(2,3)17-8-12-19(13-9-17)29-14-4-5-21(27)30-15-20(26)25-18-10-6-16(7-11-18)22(24)28/h6-13H,4-5,14-15H2,1-3H3,(H2,24,28)(H,25,26). The Balaban J connectivity index is 1.63. The molecule has 0 aliphatic rings. The van der Waals surface area contributed by atoms with Crippen LogP contribution in [0.25, 0.3) is 0 Å². The van der Waals surface area contributed by atoms with Crippen molar-refractivity contribution in [2.45, 2.75) is 39.0 Å². The van der Waals surface area contributed by atoms with Crippen LogP contribution in [-0.4, -0.2) is 31.0 Å². The van der Waals surface area contributed by atoms with Gasteiger partial charge in [-0.25, -0.2) is 0 Å². The van der Waals surface area contributed by atoms with Crippen molar-refractivity contribution < 1.29 is 23.9 Å².